The van der Waals surface area contributed by atoms with Crippen molar-refractivity contribution in [1.29, 1.82) is 0 Å². The molecule has 0 amide bonds. The van der Waals surface area contributed by atoms with E-state index in [1.165, 1.54) is 84.2 Å². The average Bonchev–Trinajstić information content (AvgIpc) is 2.64. The number of likely N-dealkylation sites (tertiary alicyclic amines) is 2. The molecule has 0 bridgehead atoms. The SMILES string of the molecule is CN=C(NCCCCN1CCCC(C)C1)NCCCN1CCC(C)CC1.I. The van der Waals surface area contributed by atoms with Crippen molar-refractivity contribution in [3.8, 4) is 0 Å². The molecular weight excluding hydrogens is 449 g/mol. The molecule has 2 aliphatic heterocycles. The van der Waals surface area contributed by atoms with Crippen LogP contribution in [0.15, 0.2) is 4.99 Å². The maximum atomic E-state index is 4.35. The summed E-state index contributed by atoms with van der Waals surface area (Å²) < 4.78 is 0. The lowest BCUT2D eigenvalue weighted by molar-refractivity contribution is 0.181. The molecule has 0 saturated carbocycles. The fraction of sp³-hybridized carbons (Fsp3) is 0.952. The van der Waals surface area contributed by atoms with E-state index in [-0.39, 0.29) is 24.0 Å². The number of guanidine groups is 1. The van der Waals surface area contributed by atoms with Gasteiger partial charge in [-0.05, 0) is 89.5 Å². The number of hydrogen-bond donors (Lipinski definition) is 2. The van der Waals surface area contributed by atoms with Gasteiger partial charge < -0.3 is 20.4 Å². The molecule has 1 unspecified atom stereocenters. The molecular formula is C21H44IN5. The molecule has 0 spiro atoms. The molecule has 1 atom stereocenters. The van der Waals surface area contributed by atoms with Crippen LogP contribution in [0.2, 0.25) is 0 Å². The van der Waals surface area contributed by atoms with Crippen LogP contribution in [0.3, 0.4) is 0 Å². The monoisotopic (exact) mass is 493 g/mol. The van der Waals surface area contributed by atoms with Crippen LogP contribution in [0.25, 0.3) is 0 Å². The molecule has 5 nitrogen and oxygen atoms in total. The molecule has 160 valence electrons. The van der Waals surface area contributed by atoms with Gasteiger partial charge in [0.15, 0.2) is 5.96 Å². The van der Waals surface area contributed by atoms with Crippen molar-refractivity contribution in [2.24, 2.45) is 16.8 Å². The Bertz CT molecular complexity index is 396. The van der Waals surface area contributed by atoms with E-state index in [0.29, 0.717) is 0 Å². The topological polar surface area (TPSA) is 42.9 Å². The molecule has 2 aliphatic rings. The van der Waals surface area contributed by atoms with Gasteiger partial charge >= 0.3 is 0 Å². The van der Waals surface area contributed by atoms with Gasteiger partial charge in [0.05, 0.1) is 0 Å². The Hall–Kier alpha value is -0.0800. The van der Waals surface area contributed by atoms with E-state index in [1.54, 1.807) is 0 Å². The van der Waals surface area contributed by atoms with Gasteiger partial charge in [-0.2, -0.15) is 0 Å². The minimum Gasteiger partial charge on any atom is -0.356 e. The average molecular weight is 494 g/mol. The third-order valence-corrected chi connectivity index (χ3v) is 5.98. The van der Waals surface area contributed by atoms with Crippen LogP contribution in [0.4, 0.5) is 0 Å². The zero-order valence-corrected chi connectivity index (χ0v) is 20.3. The van der Waals surface area contributed by atoms with Gasteiger partial charge in [-0.25, -0.2) is 0 Å². The predicted molar refractivity (Wildman–Crippen MR) is 128 cm³/mol. The van der Waals surface area contributed by atoms with E-state index in [9.17, 15) is 0 Å². The molecule has 2 N–H and O–H groups in total. The van der Waals surface area contributed by atoms with E-state index >= 15 is 0 Å². The molecule has 0 aromatic carbocycles. The van der Waals surface area contributed by atoms with Crippen molar-refractivity contribution < 1.29 is 0 Å². The third kappa shape index (κ3) is 10.9. The van der Waals surface area contributed by atoms with Crippen LogP contribution in [0.1, 0.15) is 58.8 Å². The summed E-state index contributed by atoms with van der Waals surface area (Å²) in [5.41, 5.74) is 0. The minimum absolute atomic E-state index is 0. The summed E-state index contributed by atoms with van der Waals surface area (Å²) in [6.07, 6.45) is 9.23. The van der Waals surface area contributed by atoms with Crippen molar-refractivity contribution in [2.75, 3.05) is 59.4 Å². The second kappa shape index (κ2) is 14.9. The van der Waals surface area contributed by atoms with E-state index in [2.05, 4.69) is 39.3 Å². The number of rotatable bonds is 9. The summed E-state index contributed by atoms with van der Waals surface area (Å²) in [5, 5.41) is 6.93. The highest BCUT2D eigenvalue weighted by Crippen LogP contribution is 2.16. The van der Waals surface area contributed by atoms with Crippen LogP contribution in [-0.4, -0.2) is 75.2 Å². The normalized spacial score (nSPS) is 23.1. The predicted octanol–water partition coefficient (Wildman–Crippen LogP) is 3.40. The first kappa shape index (κ1) is 25.0. The number of unbranched alkanes of at least 4 members (excludes halogenated alkanes) is 1. The second-order valence-electron chi connectivity index (χ2n) is 8.56. The van der Waals surface area contributed by atoms with Crippen LogP contribution >= 0.6 is 24.0 Å². The zero-order chi connectivity index (χ0) is 18.6. The van der Waals surface area contributed by atoms with Crippen molar-refractivity contribution in [3.63, 3.8) is 0 Å². The molecule has 0 aromatic heterocycles. The number of piperidine rings is 2. The van der Waals surface area contributed by atoms with E-state index in [4.69, 9.17) is 0 Å². The smallest absolute Gasteiger partial charge is 0.190 e. The van der Waals surface area contributed by atoms with E-state index in [1.807, 2.05) is 7.05 Å². The molecule has 6 heteroatoms. The number of aliphatic imine (C=N–C) groups is 1. The Balaban J connectivity index is 0.00000364. The number of hydrogen-bond acceptors (Lipinski definition) is 3. The molecule has 2 fully saturated rings. The highest BCUT2D eigenvalue weighted by molar-refractivity contribution is 14.0. The summed E-state index contributed by atoms with van der Waals surface area (Å²) in [6.45, 7) is 14.4. The first-order chi connectivity index (χ1) is 12.7. The van der Waals surface area contributed by atoms with Gasteiger partial charge in [0, 0.05) is 26.7 Å². The Kier molecular flexibility index (Phi) is 13.7. The van der Waals surface area contributed by atoms with Gasteiger partial charge in [-0.3, -0.25) is 4.99 Å². The lowest BCUT2D eigenvalue weighted by atomic mass is 9.99. The molecule has 0 aromatic rings. The van der Waals surface area contributed by atoms with Gasteiger partial charge in [0.25, 0.3) is 0 Å². The zero-order valence-electron chi connectivity index (χ0n) is 18.0. The summed E-state index contributed by atoms with van der Waals surface area (Å²) in [7, 11) is 1.87. The van der Waals surface area contributed by atoms with Gasteiger partial charge in [0.1, 0.15) is 0 Å². The summed E-state index contributed by atoms with van der Waals surface area (Å²) in [4.78, 5) is 9.60. The molecule has 0 aliphatic carbocycles. The largest absolute Gasteiger partial charge is 0.356 e. The molecule has 2 rings (SSSR count). The van der Waals surface area contributed by atoms with Crippen molar-refractivity contribution in [2.45, 2.75) is 58.8 Å². The van der Waals surface area contributed by atoms with E-state index < -0.39 is 0 Å². The first-order valence-corrected chi connectivity index (χ1v) is 11.1. The van der Waals surface area contributed by atoms with Gasteiger partial charge in [0.2, 0.25) is 0 Å². The molecule has 27 heavy (non-hydrogen) atoms. The fourth-order valence-electron chi connectivity index (χ4n) is 4.17. The van der Waals surface area contributed by atoms with Crippen molar-refractivity contribution in [1.82, 2.24) is 20.4 Å². The summed E-state index contributed by atoms with van der Waals surface area (Å²) in [6, 6.07) is 0. The Labute approximate surface area is 185 Å². The highest BCUT2D eigenvalue weighted by atomic mass is 127. The summed E-state index contributed by atoms with van der Waals surface area (Å²) in [5.74, 6) is 2.77. The maximum Gasteiger partial charge on any atom is 0.190 e. The second-order valence-corrected chi connectivity index (χ2v) is 8.56. The maximum absolute atomic E-state index is 4.35. The van der Waals surface area contributed by atoms with Crippen LogP contribution in [0, 0.1) is 11.8 Å². The highest BCUT2D eigenvalue weighted by Gasteiger charge is 2.16. The molecule has 2 heterocycles. The van der Waals surface area contributed by atoms with Crippen LogP contribution in [0.5, 0.6) is 0 Å². The number of halogens is 1. The van der Waals surface area contributed by atoms with Gasteiger partial charge in [-0.15, -0.1) is 24.0 Å². The number of nitrogens with zero attached hydrogens (tertiary/aromatic N) is 3. The van der Waals surface area contributed by atoms with Crippen LogP contribution in [-0.2, 0) is 0 Å². The molecule has 2 saturated heterocycles. The summed E-state index contributed by atoms with van der Waals surface area (Å²) >= 11 is 0. The van der Waals surface area contributed by atoms with E-state index in [0.717, 1.165) is 30.9 Å². The minimum atomic E-state index is 0. The third-order valence-electron chi connectivity index (χ3n) is 5.98. The van der Waals surface area contributed by atoms with Crippen molar-refractivity contribution in [3.05, 3.63) is 0 Å². The Morgan fingerprint density at radius 3 is 2.19 bits per heavy atom. The fourth-order valence-corrected chi connectivity index (χ4v) is 4.17. The molecule has 0 radical (unpaired) electrons. The lowest BCUT2D eigenvalue weighted by Crippen LogP contribution is -2.40. The quantitative estimate of drug-likeness (QED) is 0.224. The van der Waals surface area contributed by atoms with Crippen LogP contribution < -0.4 is 10.6 Å². The first-order valence-electron chi connectivity index (χ1n) is 11.1. The van der Waals surface area contributed by atoms with Gasteiger partial charge in [-0.1, -0.05) is 13.8 Å². The lowest BCUT2D eigenvalue weighted by Gasteiger charge is -2.30. The Morgan fingerprint density at radius 1 is 0.852 bits per heavy atom. The Morgan fingerprint density at radius 2 is 1.52 bits per heavy atom. The number of nitrogens with one attached hydrogen (secondary N) is 2. The van der Waals surface area contributed by atoms with Crippen molar-refractivity contribution >= 4 is 29.9 Å². The standard InChI is InChI=1S/C21H43N5.HI/c1-19-9-16-25(17-10-19)15-7-12-24-21(22-3)23-11-4-5-13-26-14-6-8-20(2)18-26;/h19-20H,4-18H2,1-3H3,(H2,22,23,24);1H.